The maximum absolute atomic E-state index is 13.6. The lowest BCUT2D eigenvalue weighted by molar-refractivity contribution is 0.280. The van der Waals surface area contributed by atoms with Crippen molar-refractivity contribution in [2.24, 2.45) is 0 Å². The highest BCUT2D eigenvalue weighted by Crippen LogP contribution is 2.28. The number of halogens is 5. The monoisotopic (exact) mass is 348 g/mol. The average molecular weight is 349 g/mol. The van der Waals surface area contributed by atoms with E-state index in [1.807, 2.05) is 0 Å². The summed E-state index contributed by atoms with van der Waals surface area (Å²) < 4.78 is 78.8. The summed E-state index contributed by atoms with van der Waals surface area (Å²) in [6.45, 7) is 2.04. The van der Waals surface area contributed by atoms with Crippen LogP contribution in [-0.2, 0) is 10.0 Å². The van der Waals surface area contributed by atoms with Crippen LogP contribution in [0.1, 0.15) is 6.92 Å². The SMILES string of the molecule is CC1CNCCN1S(=O)(=O)c1c(F)c(F)cc(F)c1F.Cl. The van der Waals surface area contributed by atoms with Crippen LogP contribution in [0.4, 0.5) is 17.6 Å². The third kappa shape index (κ3) is 3.15. The van der Waals surface area contributed by atoms with Crippen LogP contribution >= 0.6 is 12.4 Å². The summed E-state index contributed by atoms with van der Waals surface area (Å²) >= 11 is 0. The number of hydrogen-bond donors (Lipinski definition) is 1. The molecule has 0 aromatic heterocycles. The summed E-state index contributed by atoms with van der Waals surface area (Å²) in [5.41, 5.74) is 0. The van der Waals surface area contributed by atoms with Gasteiger partial charge in [-0.2, -0.15) is 4.31 Å². The van der Waals surface area contributed by atoms with Crippen LogP contribution in [0.2, 0.25) is 0 Å². The Bertz CT molecular complexity index is 615. The molecule has 2 rings (SSSR count). The molecule has 120 valence electrons. The van der Waals surface area contributed by atoms with Crippen molar-refractivity contribution in [3.63, 3.8) is 0 Å². The zero-order valence-electron chi connectivity index (χ0n) is 10.9. The molecule has 0 spiro atoms. The first-order valence-electron chi connectivity index (χ1n) is 5.82. The van der Waals surface area contributed by atoms with E-state index < -0.39 is 44.2 Å². The number of hydrogen-bond acceptors (Lipinski definition) is 3. The minimum Gasteiger partial charge on any atom is -0.314 e. The lowest BCUT2D eigenvalue weighted by Crippen LogP contribution is -2.52. The van der Waals surface area contributed by atoms with Crippen molar-refractivity contribution in [3.8, 4) is 0 Å². The molecule has 0 aliphatic carbocycles. The summed E-state index contributed by atoms with van der Waals surface area (Å²) in [4.78, 5) is -1.58. The second-order valence-electron chi connectivity index (χ2n) is 4.47. The Morgan fingerprint density at radius 1 is 1.19 bits per heavy atom. The molecule has 1 unspecified atom stereocenters. The van der Waals surface area contributed by atoms with E-state index in [9.17, 15) is 26.0 Å². The maximum Gasteiger partial charge on any atom is 0.249 e. The fourth-order valence-electron chi connectivity index (χ4n) is 2.07. The molecule has 10 heteroatoms. The molecule has 0 saturated carbocycles. The molecular formula is C11H13ClF4N2O2S. The van der Waals surface area contributed by atoms with Gasteiger partial charge in [-0.15, -0.1) is 12.4 Å². The molecule has 0 bridgehead atoms. The van der Waals surface area contributed by atoms with E-state index in [0.717, 1.165) is 4.31 Å². The first kappa shape index (κ1) is 18.1. The molecule has 0 amide bonds. The van der Waals surface area contributed by atoms with Gasteiger partial charge in [-0.3, -0.25) is 0 Å². The summed E-state index contributed by atoms with van der Waals surface area (Å²) in [5, 5.41) is 2.90. The van der Waals surface area contributed by atoms with Gasteiger partial charge >= 0.3 is 0 Å². The van der Waals surface area contributed by atoms with Crippen LogP contribution in [-0.4, -0.2) is 38.4 Å². The Morgan fingerprint density at radius 3 is 2.19 bits per heavy atom. The number of nitrogens with one attached hydrogen (secondary N) is 1. The van der Waals surface area contributed by atoms with E-state index in [1.54, 1.807) is 0 Å². The number of benzene rings is 1. The first-order valence-corrected chi connectivity index (χ1v) is 7.26. The fourth-order valence-corrected chi connectivity index (χ4v) is 3.84. The molecular weight excluding hydrogens is 336 g/mol. The standard InChI is InChI=1S/C11H12F4N2O2S.ClH/c1-6-5-16-2-3-17(6)20(18,19)11-9(14)7(12)4-8(13)10(11)15;/h4,6,16H,2-3,5H2,1H3;1H. The van der Waals surface area contributed by atoms with E-state index in [-0.39, 0.29) is 38.1 Å². The van der Waals surface area contributed by atoms with Gasteiger partial charge in [0.25, 0.3) is 0 Å². The molecule has 1 atom stereocenters. The zero-order chi connectivity index (χ0) is 15.1. The van der Waals surface area contributed by atoms with Gasteiger partial charge in [-0.05, 0) is 6.92 Å². The Kier molecular flexibility index (Phi) is 5.59. The Balaban J connectivity index is 0.00000220. The molecule has 1 aromatic carbocycles. The van der Waals surface area contributed by atoms with E-state index >= 15 is 0 Å². The van der Waals surface area contributed by atoms with Crippen LogP contribution in [0, 0.1) is 23.3 Å². The third-order valence-electron chi connectivity index (χ3n) is 3.08. The lowest BCUT2D eigenvalue weighted by Gasteiger charge is -2.32. The van der Waals surface area contributed by atoms with E-state index in [4.69, 9.17) is 0 Å². The predicted molar refractivity (Wildman–Crippen MR) is 69.7 cm³/mol. The van der Waals surface area contributed by atoms with Crippen LogP contribution in [0.3, 0.4) is 0 Å². The second-order valence-corrected chi connectivity index (χ2v) is 6.29. The van der Waals surface area contributed by atoms with Gasteiger partial charge in [-0.1, -0.05) is 0 Å². The fraction of sp³-hybridized carbons (Fsp3) is 0.455. The first-order chi connectivity index (χ1) is 9.26. The van der Waals surface area contributed by atoms with Crippen molar-refractivity contribution >= 4 is 22.4 Å². The third-order valence-corrected chi connectivity index (χ3v) is 5.11. The van der Waals surface area contributed by atoms with E-state index in [0.29, 0.717) is 0 Å². The predicted octanol–water partition coefficient (Wildman–Crippen LogP) is 1.65. The van der Waals surface area contributed by atoms with Crippen molar-refractivity contribution in [1.82, 2.24) is 9.62 Å². The van der Waals surface area contributed by atoms with Gasteiger partial charge in [0.2, 0.25) is 10.0 Å². The van der Waals surface area contributed by atoms with Crippen molar-refractivity contribution in [1.29, 1.82) is 0 Å². The lowest BCUT2D eigenvalue weighted by atomic mass is 10.3. The molecule has 1 fully saturated rings. The van der Waals surface area contributed by atoms with Crippen LogP contribution < -0.4 is 5.32 Å². The Hall–Kier alpha value is -0.900. The summed E-state index contributed by atoms with van der Waals surface area (Å²) in [6, 6.07) is -0.607. The van der Waals surface area contributed by atoms with E-state index in [2.05, 4.69) is 5.32 Å². The molecule has 21 heavy (non-hydrogen) atoms. The van der Waals surface area contributed by atoms with Crippen LogP contribution in [0.15, 0.2) is 11.0 Å². The Morgan fingerprint density at radius 2 is 1.71 bits per heavy atom. The maximum atomic E-state index is 13.6. The van der Waals surface area contributed by atoms with Crippen LogP contribution in [0.25, 0.3) is 0 Å². The average Bonchev–Trinajstić information content (AvgIpc) is 2.36. The number of piperazine rings is 1. The topological polar surface area (TPSA) is 49.4 Å². The molecule has 1 aromatic rings. The highest BCUT2D eigenvalue weighted by Gasteiger charge is 2.37. The molecule has 1 aliphatic heterocycles. The molecule has 1 aliphatic rings. The number of sulfonamides is 1. The molecule has 0 radical (unpaired) electrons. The van der Waals surface area contributed by atoms with Crippen molar-refractivity contribution in [3.05, 3.63) is 29.3 Å². The largest absolute Gasteiger partial charge is 0.314 e. The zero-order valence-corrected chi connectivity index (χ0v) is 12.5. The number of rotatable bonds is 2. The number of nitrogens with zero attached hydrogens (tertiary/aromatic N) is 1. The van der Waals surface area contributed by atoms with Gasteiger partial charge in [-0.25, -0.2) is 26.0 Å². The molecule has 4 nitrogen and oxygen atoms in total. The van der Waals surface area contributed by atoms with Crippen LogP contribution in [0.5, 0.6) is 0 Å². The Labute approximate surface area is 125 Å². The smallest absolute Gasteiger partial charge is 0.249 e. The van der Waals surface area contributed by atoms with Gasteiger partial charge in [0, 0.05) is 31.7 Å². The highest BCUT2D eigenvalue weighted by molar-refractivity contribution is 7.89. The van der Waals surface area contributed by atoms with Gasteiger partial charge in [0.15, 0.2) is 28.2 Å². The van der Waals surface area contributed by atoms with Crippen molar-refractivity contribution in [2.45, 2.75) is 17.9 Å². The van der Waals surface area contributed by atoms with Gasteiger partial charge in [0.05, 0.1) is 0 Å². The normalized spacial score (nSPS) is 20.1. The second kappa shape index (κ2) is 6.47. The highest BCUT2D eigenvalue weighted by atomic mass is 35.5. The minimum absolute atomic E-state index is 0. The summed E-state index contributed by atoms with van der Waals surface area (Å²) in [7, 11) is -4.65. The van der Waals surface area contributed by atoms with Crippen molar-refractivity contribution in [2.75, 3.05) is 19.6 Å². The summed E-state index contributed by atoms with van der Waals surface area (Å²) in [5.74, 6) is -7.31. The molecule has 1 heterocycles. The summed E-state index contributed by atoms with van der Waals surface area (Å²) in [6.07, 6.45) is 0. The van der Waals surface area contributed by atoms with Gasteiger partial charge in [0.1, 0.15) is 0 Å². The van der Waals surface area contributed by atoms with Gasteiger partial charge < -0.3 is 5.32 Å². The quantitative estimate of drug-likeness (QED) is 0.653. The molecule has 1 saturated heterocycles. The minimum atomic E-state index is -4.65. The van der Waals surface area contributed by atoms with Crippen molar-refractivity contribution < 1.29 is 26.0 Å². The van der Waals surface area contributed by atoms with E-state index in [1.165, 1.54) is 6.92 Å². The molecule has 1 N–H and O–H groups in total.